The summed E-state index contributed by atoms with van der Waals surface area (Å²) in [5.41, 5.74) is 0.306. The molecule has 1 aliphatic heterocycles. The second-order valence-corrected chi connectivity index (χ2v) is 6.52. The maximum atomic E-state index is 12.0. The van der Waals surface area contributed by atoms with Gasteiger partial charge in [-0.25, -0.2) is 0 Å². The minimum atomic E-state index is 0.147. The van der Waals surface area contributed by atoms with E-state index in [0.717, 1.165) is 24.2 Å². The number of carbonyl (C=O) groups is 1. The third-order valence-corrected chi connectivity index (χ3v) is 6.01. The Labute approximate surface area is 96.7 Å². The lowest BCUT2D eigenvalue weighted by Crippen LogP contribution is -2.37. The first kappa shape index (κ1) is 9.49. The lowest BCUT2D eigenvalue weighted by Gasteiger charge is -2.38. The molecule has 6 unspecified atom stereocenters. The molecule has 4 aliphatic rings. The number of hydrogen-bond donors (Lipinski definition) is 0. The highest BCUT2D eigenvalue weighted by molar-refractivity contribution is 5.77. The molecule has 4 fully saturated rings. The lowest BCUT2D eigenvalue weighted by atomic mass is 9.64. The van der Waals surface area contributed by atoms with Crippen molar-refractivity contribution in [3.63, 3.8) is 0 Å². The first-order chi connectivity index (χ1) is 7.75. The summed E-state index contributed by atoms with van der Waals surface area (Å²) in [6.07, 6.45) is 7.90. The molecular formula is C14H20O2. The topological polar surface area (TPSA) is 26.3 Å². The average molecular weight is 220 g/mol. The van der Waals surface area contributed by atoms with Gasteiger partial charge >= 0.3 is 5.97 Å². The SMILES string of the molecule is CCCC1C2CC3CC4C(=O)OC(C2)C41C3. The van der Waals surface area contributed by atoms with Gasteiger partial charge in [-0.3, -0.25) is 4.79 Å². The first-order valence-electron chi connectivity index (χ1n) is 6.96. The first-order valence-corrected chi connectivity index (χ1v) is 6.96. The summed E-state index contributed by atoms with van der Waals surface area (Å²) in [5.74, 6) is 2.96. The predicted molar refractivity (Wildman–Crippen MR) is 59.6 cm³/mol. The van der Waals surface area contributed by atoms with Crippen molar-refractivity contribution < 1.29 is 9.53 Å². The van der Waals surface area contributed by atoms with Gasteiger partial charge in [0.15, 0.2) is 0 Å². The fourth-order valence-corrected chi connectivity index (χ4v) is 5.76. The number of rotatable bonds is 2. The van der Waals surface area contributed by atoms with Gasteiger partial charge in [-0.1, -0.05) is 13.3 Å². The van der Waals surface area contributed by atoms with E-state index in [4.69, 9.17) is 4.74 Å². The van der Waals surface area contributed by atoms with Crippen LogP contribution in [0.15, 0.2) is 0 Å². The van der Waals surface area contributed by atoms with Crippen LogP contribution in [0.25, 0.3) is 0 Å². The molecule has 0 aromatic heterocycles. The Hall–Kier alpha value is -0.530. The molecule has 3 saturated carbocycles. The van der Waals surface area contributed by atoms with Crippen LogP contribution in [0.3, 0.4) is 0 Å². The quantitative estimate of drug-likeness (QED) is 0.669. The molecule has 0 radical (unpaired) electrons. The van der Waals surface area contributed by atoms with Crippen LogP contribution in [0.5, 0.6) is 0 Å². The molecule has 3 aliphatic carbocycles. The number of esters is 1. The Morgan fingerprint density at radius 3 is 3.06 bits per heavy atom. The summed E-state index contributed by atoms with van der Waals surface area (Å²) >= 11 is 0. The molecule has 2 nitrogen and oxygen atoms in total. The average Bonchev–Trinajstić information content (AvgIpc) is 2.75. The van der Waals surface area contributed by atoms with Gasteiger partial charge < -0.3 is 4.74 Å². The van der Waals surface area contributed by atoms with Gasteiger partial charge in [0.05, 0.1) is 5.92 Å². The summed E-state index contributed by atoms with van der Waals surface area (Å²) < 4.78 is 5.68. The van der Waals surface area contributed by atoms with Crippen LogP contribution in [0.1, 0.15) is 45.4 Å². The molecule has 88 valence electrons. The van der Waals surface area contributed by atoms with E-state index < -0.39 is 0 Å². The Morgan fingerprint density at radius 2 is 2.25 bits per heavy atom. The maximum Gasteiger partial charge on any atom is 0.309 e. The highest BCUT2D eigenvalue weighted by atomic mass is 16.6. The molecule has 1 heterocycles. The smallest absolute Gasteiger partial charge is 0.309 e. The predicted octanol–water partition coefficient (Wildman–Crippen LogP) is 2.76. The van der Waals surface area contributed by atoms with Crippen molar-refractivity contribution in [2.24, 2.45) is 29.1 Å². The van der Waals surface area contributed by atoms with E-state index in [1.807, 2.05) is 0 Å². The second kappa shape index (κ2) is 2.83. The van der Waals surface area contributed by atoms with Crippen LogP contribution >= 0.6 is 0 Å². The Bertz CT molecular complexity index is 351. The van der Waals surface area contributed by atoms with Crippen molar-refractivity contribution in [2.75, 3.05) is 0 Å². The van der Waals surface area contributed by atoms with Crippen molar-refractivity contribution in [2.45, 2.75) is 51.6 Å². The standard InChI is InChI=1S/C14H20O2/c1-2-3-10-9-4-8-5-11-13(15)16-12(6-9)14(10,11)7-8/h8-12H,2-7H2,1H3. The molecule has 3 bridgehead atoms. The van der Waals surface area contributed by atoms with Crippen molar-refractivity contribution >= 4 is 5.97 Å². The van der Waals surface area contributed by atoms with E-state index in [-0.39, 0.29) is 11.9 Å². The number of ether oxygens (including phenoxy) is 1. The second-order valence-electron chi connectivity index (χ2n) is 6.52. The molecule has 1 spiro atoms. The molecule has 0 amide bonds. The van der Waals surface area contributed by atoms with Crippen LogP contribution in [-0.2, 0) is 9.53 Å². The van der Waals surface area contributed by atoms with Crippen molar-refractivity contribution in [1.29, 1.82) is 0 Å². The van der Waals surface area contributed by atoms with Gasteiger partial charge in [0.25, 0.3) is 0 Å². The molecule has 1 saturated heterocycles. The van der Waals surface area contributed by atoms with Gasteiger partial charge in [-0.05, 0) is 49.9 Å². The Kier molecular flexibility index (Phi) is 1.68. The third kappa shape index (κ3) is 0.856. The summed E-state index contributed by atoms with van der Waals surface area (Å²) in [4.78, 5) is 12.0. The third-order valence-electron chi connectivity index (χ3n) is 6.01. The van der Waals surface area contributed by atoms with Crippen LogP contribution in [-0.4, -0.2) is 12.1 Å². The van der Waals surface area contributed by atoms with E-state index in [1.165, 1.54) is 32.1 Å². The minimum absolute atomic E-state index is 0.147. The molecule has 0 aromatic carbocycles. The highest BCUT2D eigenvalue weighted by Crippen LogP contribution is 2.71. The van der Waals surface area contributed by atoms with Crippen molar-refractivity contribution in [3.8, 4) is 0 Å². The van der Waals surface area contributed by atoms with Crippen LogP contribution < -0.4 is 0 Å². The molecule has 16 heavy (non-hydrogen) atoms. The molecule has 0 N–H and O–H groups in total. The van der Waals surface area contributed by atoms with Gasteiger partial charge in [0.1, 0.15) is 6.10 Å². The monoisotopic (exact) mass is 220 g/mol. The lowest BCUT2D eigenvalue weighted by molar-refractivity contribution is -0.144. The maximum absolute atomic E-state index is 12.0. The summed E-state index contributed by atoms with van der Waals surface area (Å²) in [6.45, 7) is 2.28. The van der Waals surface area contributed by atoms with Gasteiger partial charge in [-0.2, -0.15) is 0 Å². The van der Waals surface area contributed by atoms with Gasteiger partial charge in [0, 0.05) is 5.41 Å². The Morgan fingerprint density at radius 1 is 1.38 bits per heavy atom. The number of carbonyl (C=O) groups excluding carboxylic acids is 1. The number of fused-ring (bicyclic) bond motifs is 2. The van der Waals surface area contributed by atoms with E-state index in [1.54, 1.807) is 0 Å². The molecule has 0 aromatic rings. The molecule has 2 heteroatoms. The molecular weight excluding hydrogens is 200 g/mol. The van der Waals surface area contributed by atoms with E-state index >= 15 is 0 Å². The van der Waals surface area contributed by atoms with Crippen LogP contribution in [0.2, 0.25) is 0 Å². The van der Waals surface area contributed by atoms with Crippen molar-refractivity contribution in [3.05, 3.63) is 0 Å². The fraction of sp³-hybridized carbons (Fsp3) is 0.929. The zero-order valence-corrected chi connectivity index (χ0v) is 9.95. The highest BCUT2D eigenvalue weighted by Gasteiger charge is 2.71. The van der Waals surface area contributed by atoms with E-state index in [2.05, 4.69) is 6.92 Å². The van der Waals surface area contributed by atoms with Crippen LogP contribution in [0, 0.1) is 29.1 Å². The summed E-state index contributed by atoms with van der Waals surface area (Å²) in [6, 6.07) is 0. The van der Waals surface area contributed by atoms with Gasteiger partial charge in [0.2, 0.25) is 0 Å². The van der Waals surface area contributed by atoms with Crippen LogP contribution in [0.4, 0.5) is 0 Å². The van der Waals surface area contributed by atoms with Gasteiger partial charge in [-0.15, -0.1) is 0 Å². The molecule has 6 atom stereocenters. The fourth-order valence-electron chi connectivity index (χ4n) is 5.76. The molecule has 4 rings (SSSR count). The zero-order chi connectivity index (χ0) is 10.9. The summed E-state index contributed by atoms with van der Waals surface area (Å²) in [7, 11) is 0. The van der Waals surface area contributed by atoms with E-state index in [9.17, 15) is 4.79 Å². The number of hydrogen-bond acceptors (Lipinski definition) is 2. The minimum Gasteiger partial charge on any atom is -0.461 e. The largest absolute Gasteiger partial charge is 0.461 e. The zero-order valence-electron chi connectivity index (χ0n) is 9.95. The Balaban J connectivity index is 1.81. The summed E-state index contributed by atoms with van der Waals surface area (Å²) in [5, 5.41) is 0. The van der Waals surface area contributed by atoms with E-state index in [0.29, 0.717) is 11.5 Å². The normalized spacial score (nSPS) is 56.8. The van der Waals surface area contributed by atoms with Crippen molar-refractivity contribution in [1.82, 2.24) is 0 Å².